The lowest BCUT2D eigenvalue weighted by Crippen LogP contribution is -2.39. The molecule has 1 aromatic rings. The molecule has 0 unspecified atom stereocenters. The van der Waals surface area contributed by atoms with E-state index < -0.39 is 47.6 Å². The topological polar surface area (TPSA) is 156 Å². The van der Waals surface area contributed by atoms with Crippen molar-refractivity contribution in [3.05, 3.63) is 33.1 Å². The van der Waals surface area contributed by atoms with Gasteiger partial charge in [-0.05, 0) is 20.8 Å². The minimum absolute atomic E-state index is 0.187. The summed E-state index contributed by atoms with van der Waals surface area (Å²) in [4.78, 5) is 42.0. The Morgan fingerprint density at radius 3 is 2.78 bits per heavy atom. The maximum Gasteiger partial charge on any atom is 0.330 e. The third-order valence-corrected chi connectivity index (χ3v) is 3.86. The van der Waals surface area contributed by atoms with Crippen LogP contribution in [0.2, 0.25) is 0 Å². The number of hydrogen-bond acceptors (Lipinski definition) is 9. The Morgan fingerprint density at radius 2 is 2.19 bits per heavy atom. The minimum Gasteiger partial charge on any atom is -0.462 e. The lowest BCUT2D eigenvalue weighted by Gasteiger charge is -2.18. The molecule has 0 bridgehead atoms. The van der Waals surface area contributed by atoms with E-state index in [-0.39, 0.29) is 12.7 Å². The number of nitrogens with one attached hydrogen (secondary N) is 2. The van der Waals surface area contributed by atoms with Crippen LogP contribution < -0.4 is 16.7 Å². The molecule has 1 aliphatic rings. The fraction of sp³-hybridized carbons (Fsp3) is 0.625. The fourth-order valence-corrected chi connectivity index (χ4v) is 2.53. The van der Waals surface area contributed by atoms with Crippen LogP contribution in [0.1, 0.15) is 27.0 Å². The van der Waals surface area contributed by atoms with Crippen LogP contribution in [-0.2, 0) is 19.1 Å². The van der Waals surface area contributed by atoms with Crippen LogP contribution >= 0.6 is 0 Å². The monoisotopic (exact) mass is 382 g/mol. The van der Waals surface area contributed by atoms with Crippen molar-refractivity contribution in [2.75, 3.05) is 6.61 Å². The number of rotatable bonds is 7. The first-order chi connectivity index (χ1) is 12.7. The number of carbonyl (C=O) groups excluding carboxylic acids is 1. The molecule has 5 atom stereocenters. The third kappa shape index (κ3) is 5.01. The van der Waals surface area contributed by atoms with Crippen molar-refractivity contribution in [2.45, 2.75) is 51.4 Å². The quantitative estimate of drug-likeness (QED) is 0.389. The summed E-state index contributed by atoms with van der Waals surface area (Å²) >= 11 is 0. The number of hydroxylamine groups is 1. The number of H-pyrrole nitrogens is 1. The van der Waals surface area contributed by atoms with E-state index in [2.05, 4.69) is 10.5 Å². The number of hydrogen-bond donors (Lipinski definition) is 3. The Kier molecular flexibility index (Phi) is 6.86. The van der Waals surface area contributed by atoms with Crippen LogP contribution in [0.25, 0.3) is 0 Å². The van der Waals surface area contributed by atoms with Gasteiger partial charge in [0.1, 0.15) is 24.2 Å². The molecule has 0 amide bonds. The van der Waals surface area contributed by atoms with Crippen molar-refractivity contribution < 1.29 is 24.2 Å². The number of aliphatic hydroxyl groups is 1. The maximum atomic E-state index is 11.9. The largest absolute Gasteiger partial charge is 0.462 e. The number of nitrogens with zero attached hydrogens (tertiary/aromatic N) is 2. The molecule has 0 aliphatic carbocycles. The van der Waals surface area contributed by atoms with Gasteiger partial charge in [0.2, 0.25) is 0 Å². The number of carbonyl (C=O) groups is 1. The van der Waals surface area contributed by atoms with E-state index in [0.29, 0.717) is 0 Å². The van der Waals surface area contributed by atoms with Gasteiger partial charge >= 0.3 is 11.7 Å². The average molecular weight is 382 g/mol. The van der Waals surface area contributed by atoms with Gasteiger partial charge in [-0.15, -0.1) is 0 Å². The summed E-state index contributed by atoms with van der Waals surface area (Å²) < 4.78 is 11.6. The number of aromatic amines is 1. The molecule has 1 aliphatic heterocycles. The molecular formula is C16H22N4O7. The Balaban J connectivity index is 1.99. The lowest BCUT2D eigenvalue weighted by atomic mass is 10.0. The van der Waals surface area contributed by atoms with Gasteiger partial charge in [0.05, 0.1) is 18.8 Å². The smallest absolute Gasteiger partial charge is 0.330 e. The van der Waals surface area contributed by atoms with Gasteiger partial charge in [0.15, 0.2) is 6.23 Å². The molecule has 1 fully saturated rings. The van der Waals surface area contributed by atoms with E-state index in [4.69, 9.17) is 14.3 Å². The van der Waals surface area contributed by atoms with Gasteiger partial charge < -0.3 is 14.6 Å². The molecule has 1 aromatic heterocycles. The van der Waals surface area contributed by atoms with Gasteiger partial charge in [0, 0.05) is 12.3 Å². The Morgan fingerprint density at radius 1 is 1.48 bits per heavy atom. The van der Waals surface area contributed by atoms with Gasteiger partial charge in [-0.25, -0.2) is 4.79 Å². The molecule has 11 nitrogen and oxygen atoms in total. The highest BCUT2D eigenvalue weighted by molar-refractivity contribution is 5.75. The molecule has 2 heterocycles. The zero-order valence-corrected chi connectivity index (χ0v) is 15.1. The van der Waals surface area contributed by atoms with E-state index in [0.717, 1.165) is 10.6 Å². The molecule has 0 spiro atoms. The number of nitriles is 1. The molecule has 0 radical (unpaired) electrons. The molecule has 2 rings (SSSR count). The summed E-state index contributed by atoms with van der Waals surface area (Å²) in [5, 5.41) is 19.6. The first-order valence-electron chi connectivity index (χ1n) is 8.37. The zero-order valence-electron chi connectivity index (χ0n) is 15.1. The van der Waals surface area contributed by atoms with E-state index in [1.165, 1.54) is 13.1 Å². The van der Waals surface area contributed by atoms with Crippen molar-refractivity contribution in [1.82, 2.24) is 15.0 Å². The summed E-state index contributed by atoms with van der Waals surface area (Å²) in [6.45, 7) is 4.79. The molecule has 148 valence electrons. The highest BCUT2D eigenvalue weighted by Crippen LogP contribution is 2.33. The third-order valence-electron chi connectivity index (χ3n) is 3.86. The summed E-state index contributed by atoms with van der Waals surface area (Å²) in [6, 6.07) is 2.25. The lowest BCUT2D eigenvalue weighted by molar-refractivity contribution is -0.156. The van der Waals surface area contributed by atoms with Gasteiger partial charge in [-0.3, -0.25) is 24.0 Å². The summed E-state index contributed by atoms with van der Waals surface area (Å²) in [5.74, 6) is -1.56. The van der Waals surface area contributed by atoms with Crippen molar-refractivity contribution in [3.63, 3.8) is 0 Å². The summed E-state index contributed by atoms with van der Waals surface area (Å²) in [6.07, 6.45) is -2.34. The van der Waals surface area contributed by atoms with Crippen molar-refractivity contribution in [2.24, 2.45) is 5.92 Å². The Bertz CT molecular complexity index is 812. The van der Waals surface area contributed by atoms with Crippen LogP contribution in [0.4, 0.5) is 0 Å². The second-order valence-electron chi connectivity index (χ2n) is 6.36. The van der Waals surface area contributed by atoms with Crippen LogP contribution in [0.15, 0.2) is 21.9 Å². The Hall–Kier alpha value is -2.52. The summed E-state index contributed by atoms with van der Waals surface area (Å²) in [5.41, 5.74) is 1.13. The molecule has 3 N–H and O–H groups in total. The molecule has 27 heavy (non-hydrogen) atoms. The van der Waals surface area contributed by atoms with Crippen LogP contribution in [0.3, 0.4) is 0 Å². The predicted octanol–water partition coefficient (Wildman–Crippen LogP) is -1.20. The number of esters is 1. The Labute approximate surface area is 154 Å². The SMILES string of the molecule is CC(C)OC(=O)[C@@H](C)NOC[C@H]1O[C@@H](n2ccc(=O)[nH]c2=O)[C@H](C#N)[C@@H]1O. The highest BCUT2D eigenvalue weighted by atomic mass is 16.7. The normalized spacial score (nSPS) is 25.9. The molecule has 1 saturated heterocycles. The second kappa shape index (κ2) is 8.92. The van der Waals surface area contributed by atoms with Gasteiger partial charge in [-0.2, -0.15) is 10.7 Å². The first-order valence-corrected chi connectivity index (χ1v) is 8.37. The standard InChI is InChI=1S/C16H22N4O7/c1-8(2)26-15(23)9(3)19-25-7-11-13(22)10(6-17)14(27-11)20-5-4-12(21)18-16(20)24/h4-5,8-11,13-14,19,22H,7H2,1-3H3,(H,18,21,24)/t9-,10-,11-,13+,14-/m1/s1. The van der Waals surface area contributed by atoms with Gasteiger partial charge in [0.25, 0.3) is 5.56 Å². The van der Waals surface area contributed by atoms with Gasteiger partial charge in [-0.1, -0.05) is 0 Å². The fourth-order valence-electron chi connectivity index (χ4n) is 2.53. The van der Waals surface area contributed by atoms with E-state index in [1.807, 2.05) is 6.07 Å². The predicted molar refractivity (Wildman–Crippen MR) is 90.1 cm³/mol. The second-order valence-corrected chi connectivity index (χ2v) is 6.36. The van der Waals surface area contributed by atoms with E-state index in [1.54, 1.807) is 13.8 Å². The highest BCUT2D eigenvalue weighted by Gasteiger charge is 2.45. The van der Waals surface area contributed by atoms with Crippen molar-refractivity contribution in [3.8, 4) is 6.07 Å². The number of ether oxygens (including phenoxy) is 2. The number of aromatic nitrogens is 2. The molecular weight excluding hydrogens is 360 g/mol. The molecule has 11 heteroatoms. The van der Waals surface area contributed by atoms with Crippen molar-refractivity contribution >= 4 is 5.97 Å². The molecule has 0 aromatic carbocycles. The molecule has 0 saturated carbocycles. The van der Waals surface area contributed by atoms with E-state index in [9.17, 15) is 24.8 Å². The first kappa shape index (κ1) is 20.8. The van der Waals surface area contributed by atoms with E-state index >= 15 is 0 Å². The zero-order chi connectivity index (χ0) is 20.1. The van der Waals surface area contributed by atoms with Crippen LogP contribution in [0, 0.1) is 17.2 Å². The van der Waals surface area contributed by atoms with Crippen molar-refractivity contribution in [1.29, 1.82) is 5.26 Å². The number of aliphatic hydroxyl groups excluding tert-OH is 1. The average Bonchev–Trinajstić information content (AvgIpc) is 2.89. The van der Waals surface area contributed by atoms with Crippen LogP contribution in [0.5, 0.6) is 0 Å². The minimum atomic E-state index is -1.24. The van der Waals surface area contributed by atoms with Crippen LogP contribution in [-0.4, -0.2) is 51.6 Å². The summed E-state index contributed by atoms with van der Waals surface area (Å²) in [7, 11) is 0. The maximum absolute atomic E-state index is 11.9.